The topological polar surface area (TPSA) is 74.8 Å². The molecular weight excluding hydrogens is 400 g/mol. The summed E-state index contributed by atoms with van der Waals surface area (Å²) in [6, 6.07) is 14.6. The minimum Gasteiger partial charge on any atom is -0.497 e. The molecule has 1 saturated heterocycles. The van der Waals surface area contributed by atoms with Crippen LogP contribution in [0.1, 0.15) is 20.0 Å². The van der Waals surface area contributed by atoms with Gasteiger partial charge >= 0.3 is 0 Å². The molecule has 0 atom stereocenters. The molecule has 0 saturated carbocycles. The lowest BCUT2D eigenvalue weighted by Gasteiger charge is -2.35. The van der Waals surface area contributed by atoms with Crippen LogP contribution >= 0.6 is 11.3 Å². The number of thiophene rings is 1. The van der Waals surface area contributed by atoms with Crippen molar-refractivity contribution >= 4 is 34.7 Å². The molecule has 0 unspecified atom stereocenters. The Morgan fingerprint density at radius 2 is 1.90 bits per heavy atom. The minimum atomic E-state index is -0.135. The smallest absolute Gasteiger partial charge is 0.265 e. The van der Waals surface area contributed by atoms with Gasteiger partial charge in [0.2, 0.25) is 0 Å². The van der Waals surface area contributed by atoms with Crippen LogP contribution in [0.2, 0.25) is 0 Å². The van der Waals surface area contributed by atoms with E-state index in [0.717, 1.165) is 5.82 Å². The molecule has 1 aliphatic rings. The van der Waals surface area contributed by atoms with Gasteiger partial charge in [-0.1, -0.05) is 12.1 Å². The average molecular weight is 423 g/mol. The molecule has 8 heteroatoms. The summed E-state index contributed by atoms with van der Waals surface area (Å²) < 4.78 is 5.21. The van der Waals surface area contributed by atoms with Gasteiger partial charge in [-0.2, -0.15) is 0 Å². The molecule has 154 valence electrons. The molecule has 2 amide bonds. The largest absolute Gasteiger partial charge is 0.497 e. The first-order valence-corrected chi connectivity index (χ1v) is 10.5. The number of ether oxygens (including phenoxy) is 1. The lowest BCUT2D eigenvalue weighted by Crippen LogP contribution is -2.49. The van der Waals surface area contributed by atoms with Crippen molar-refractivity contribution in [1.82, 2.24) is 9.88 Å². The van der Waals surface area contributed by atoms with Crippen LogP contribution in [0.15, 0.2) is 60.1 Å². The fraction of sp³-hybridized carbons (Fsp3) is 0.227. The van der Waals surface area contributed by atoms with E-state index in [9.17, 15) is 9.59 Å². The van der Waals surface area contributed by atoms with Crippen molar-refractivity contribution in [2.45, 2.75) is 0 Å². The van der Waals surface area contributed by atoms with Crippen LogP contribution in [0, 0.1) is 0 Å². The van der Waals surface area contributed by atoms with Crippen molar-refractivity contribution < 1.29 is 14.3 Å². The molecule has 30 heavy (non-hydrogen) atoms. The number of benzene rings is 1. The normalized spacial score (nSPS) is 13.8. The fourth-order valence-corrected chi connectivity index (χ4v) is 3.94. The van der Waals surface area contributed by atoms with Gasteiger partial charge < -0.3 is 19.9 Å². The monoisotopic (exact) mass is 422 g/mol. The Labute approximate surface area is 178 Å². The lowest BCUT2D eigenvalue weighted by molar-refractivity contribution is 0.0746. The van der Waals surface area contributed by atoms with Gasteiger partial charge in [0.1, 0.15) is 11.6 Å². The van der Waals surface area contributed by atoms with Crippen LogP contribution in [-0.4, -0.2) is 55.0 Å². The molecule has 7 nitrogen and oxygen atoms in total. The second-order valence-electron chi connectivity index (χ2n) is 6.85. The highest BCUT2D eigenvalue weighted by molar-refractivity contribution is 7.12. The fourth-order valence-electron chi connectivity index (χ4n) is 3.32. The number of aromatic nitrogens is 1. The summed E-state index contributed by atoms with van der Waals surface area (Å²) in [5, 5.41) is 4.72. The maximum absolute atomic E-state index is 12.8. The SMILES string of the molecule is COc1cccc(C(=O)N2CCN(c3ccc(NC(=O)c4cccs4)cn3)CC2)c1. The summed E-state index contributed by atoms with van der Waals surface area (Å²) in [5.74, 6) is 1.38. The van der Waals surface area contributed by atoms with Gasteiger partial charge in [-0.15, -0.1) is 11.3 Å². The lowest BCUT2D eigenvalue weighted by atomic mass is 10.1. The van der Waals surface area contributed by atoms with Crippen molar-refractivity contribution in [2.75, 3.05) is 43.5 Å². The van der Waals surface area contributed by atoms with Gasteiger partial charge in [0.25, 0.3) is 11.8 Å². The van der Waals surface area contributed by atoms with Crippen molar-refractivity contribution in [3.8, 4) is 5.75 Å². The van der Waals surface area contributed by atoms with E-state index in [4.69, 9.17) is 4.74 Å². The van der Waals surface area contributed by atoms with Gasteiger partial charge in [0.15, 0.2) is 0 Å². The number of carbonyl (C=O) groups excluding carboxylic acids is 2. The van der Waals surface area contributed by atoms with Crippen molar-refractivity contribution in [2.24, 2.45) is 0 Å². The van der Waals surface area contributed by atoms with Crippen LogP contribution < -0.4 is 15.0 Å². The van der Waals surface area contributed by atoms with Gasteiger partial charge in [0, 0.05) is 31.7 Å². The summed E-state index contributed by atoms with van der Waals surface area (Å²) in [7, 11) is 1.59. The van der Waals surface area contributed by atoms with Gasteiger partial charge in [0.05, 0.1) is 23.9 Å². The summed E-state index contributed by atoms with van der Waals surface area (Å²) in [6.07, 6.45) is 1.66. The Kier molecular flexibility index (Phi) is 5.94. The van der Waals surface area contributed by atoms with E-state index in [0.29, 0.717) is 48.1 Å². The molecule has 0 aliphatic carbocycles. The van der Waals surface area contributed by atoms with Gasteiger partial charge in [-0.25, -0.2) is 4.98 Å². The van der Waals surface area contributed by atoms with Crippen LogP contribution in [0.4, 0.5) is 11.5 Å². The number of nitrogens with zero attached hydrogens (tertiary/aromatic N) is 3. The number of piperazine rings is 1. The molecule has 3 heterocycles. The van der Waals surface area contributed by atoms with E-state index in [1.54, 1.807) is 25.4 Å². The number of rotatable bonds is 5. The third-order valence-corrected chi connectivity index (χ3v) is 5.83. The highest BCUT2D eigenvalue weighted by Gasteiger charge is 2.23. The van der Waals surface area contributed by atoms with Crippen molar-refractivity contribution in [3.05, 3.63) is 70.5 Å². The van der Waals surface area contributed by atoms with Crippen LogP contribution in [-0.2, 0) is 0 Å². The van der Waals surface area contributed by atoms with Crippen LogP contribution in [0.3, 0.4) is 0 Å². The van der Waals surface area contributed by atoms with Crippen molar-refractivity contribution in [1.29, 1.82) is 0 Å². The zero-order chi connectivity index (χ0) is 20.9. The van der Waals surface area contributed by atoms with Gasteiger partial charge in [-0.05, 0) is 41.8 Å². The average Bonchev–Trinajstić information content (AvgIpc) is 3.34. The van der Waals surface area contributed by atoms with E-state index in [1.807, 2.05) is 46.7 Å². The van der Waals surface area contributed by atoms with E-state index >= 15 is 0 Å². The third-order valence-electron chi connectivity index (χ3n) is 4.96. The zero-order valence-corrected chi connectivity index (χ0v) is 17.4. The quantitative estimate of drug-likeness (QED) is 0.682. The predicted molar refractivity (Wildman–Crippen MR) is 118 cm³/mol. The number of hydrogen-bond donors (Lipinski definition) is 1. The molecule has 2 aromatic heterocycles. The standard InChI is InChI=1S/C22H22N4O3S/c1-29-18-5-2-4-16(14-18)22(28)26-11-9-25(10-12-26)20-8-7-17(15-23-20)24-21(27)19-6-3-13-30-19/h2-8,13-15H,9-12H2,1H3,(H,24,27). The molecule has 0 bridgehead atoms. The highest BCUT2D eigenvalue weighted by Crippen LogP contribution is 2.20. The molecule has 1 N–H and O–H groups in total. The Hall–Kier alpha value is -3.39. The molecule has 1 aliphatic heterocycles. The van der Waals surface area contributed by atoms with Crippen LogP contribution in [0.5, 0.6) is 5.75 Å². The first-order valence-electron chi connectivity index (χ1n) is 9.63. The number of methoxy groups -OCH3 is 1. The molecular formula is C22H22N4O3S. The van der Waals surface area contributed by atoms with Gasteiger partial charge in [-0.3, -0.25) is 9.59 Å². The van der Waals surface area contributed by atoms with E-state index < -0.39 is 0 Å². The Balaban J connectivity index is 1.33. The number of nitrogens with one attached hydrogen (secondary N) is 1. The molecule has 0 radical (unpaired) electrons. The maximum atomic E-state index is 12.8. The number of pyridine rings is 1. The number of anilines is 2. The summed E-state index contributed by atoms with van der Waals surface area (Å²) in [5.41, 5.74) is 1.29. The molecule has 1 fully saturated rings. The minimum absolute atomic E-state index is 0.00754. The molecule has 3 aromatic rings. The summed E-state index contributed by atoms with van der Waals surface area (Å²) >= 11 is 1.40. The van der Waals surface area contributed by atoms with E-state index in [-0.39, 0.29) is 11.8 Å². The number of carbonyl (C=O) groups is 2. The van der Waals surface area contributed by atoms with E-state index in [1.165, 1.54) is 11.3 Å². The molecule has 0 spiro atoms. The molecule has 1 aromatic carbocycles. The first-order chi connectivity index (χ1) is 14.6. The Morgan fingerprint density at radius 3 is 2.57 bits per heavy atom. The number of hydrogen-bond acceptors (Lipinski definition) is 6. The highest BCUT2D eigenvalue weighted by atomic mass is 32.1. The van der Waals surface area contributed by atoms with Crippen molar-refractivity contribution in [3.63, 3.8) is 0 Å². The maximum Gasteiger partial charge on any atom is 0.265 e. The second kappa shape index (κ2) is 8.96. The predicted octanol–water partition coefficient (Wildman–Crippen LogP) is 3.37. The summed E-state index contributed by atoms with van der Waals surface area (Å²) in [4.78, 5) is 34.0. The Morgan fingerprint density at radius 1 is 1.07 bits per heavy atom. The zero-order valence-electron chi connectivity index (χ0n) is 16.6. The number of amides is 2. The summed E-state index contributed by atoms with van der Waals surface area (Å²) in [6.45, 7) is 2.64. The van der Waals surface area contributed by atoms with Crippen LogP contribution in [0.25, 0.3) is 0 Å². The Bertz CT molecular complexity index is 1010. The molecule has 4 rings (SSSR count). The third kappa shape index (κ3) is 4.44. The first kappa shape index (κ1) is 19.9. The van der Waals surface area contributed by atoms with E-state index in [2.05, 4.69) is 15.2 Å². The second-order valence-corrected chi connectivity index (χ2v) is 7.80.